The number of amides is 2. The van der Waals surface area contributed by atoms with Crippen LogP contribution < -0.4 is 5.32 Å². The number of hydrogen-bond donors (Lipinski definition) is 1. The molecule has 2 rings (SSSR count). The summed E-state index contributed by atoms with van der Waals surface area (Å²) in [4.78, 5) is 13.7. The van der Waals surface area contributed by atoms with Crippen LogP contribution in [0.4, 0.5) is 10.5 Å². The van der Waals surface area contributed by atoms with Crippen molar-refractivity contribution >= 4 is 23.3 Å². The van der Waals surface area contributed by atoms with Crippen molar-refractivity contribution in [3.8, 4) is 0 Å². The third kappa shape index (κ3) is 4.00. The van der Waals surface area contributed by atoms with Gasteiger partial charge in [0, 0.05) is 24.3 Å². The topological polar surface area (TPSA) is 32.3 Å². The van der Waals surface area contributed by atoms with Gasteiger partial charge in [-0.15, -0.1) is 0 Å². The second kappa shape index (κ2) is 6.44. The molecule has 0 saturated carbocycles. The Hall–Kier alpha value is -2.00. The summed E-state index contributed by atoms with van der Waals surface area (Å²) < 4.78 is 0. The Labute approximate surface area is 124 Å². The van der Waals surface area contributed by atoms with E-state index in [1.807, 2.05) is 31.2 Å². The van der Waals surface area contributed by atoms with Crippen LogP contribution in [0.15, 0.2) is 48.5 Å². The SMILES string of the molecule is Cc1ccc(CN(C)C(=O)Nc2ccc(Cl)cc2)cc1. The molecule has 0 unspecified atom stereocenters. The van der Waals surface area contributed by atoms with E-state index in [0.29, 0.717) is 11.6 Å². The summed E-state index contributed by atoms with van der Waals surface area (Å²) in [6.45, 7) is 2.61. The third-order valence-corrected chi connectivity index (χ3v) is 3.23. The van der Waals surface area contributed by atoms with Crippen LogP contribution in [-0.2, 0) is 6.54 Å². The molecular weight excluding hydrogens is 272 g/mol. The van der Waals surface area contributed by atoms with Crippen LogP contribution in [0.25, 0.3) is 0 Å². The van der Waals surface area contributed by atoms with E-state index in [9.17, 15) is 4.79 Å². The molecule has 0 fully saturated rings. The first-order chi connectivity index (χ1) is 9.54. The van der Waals surface area contributed by atoms with Gasteiger partial charge in [-0.05, 0) is 36.8 Å². The molecule has 0 saturated heterocycles. The highest BCUT2D eigenvalue weighted by atomic mass is 35.5. The molecule has 0 aliphatic heterocycles. The van der Waals surface area contributed by atoms with E-state index < -0.39 is 0 Å². The molecule has 4 heteroatoms. The molecule has 2 aromatic rings. The van der Waals surface area contributed by atoms with Crippen molar-refractivity contribution in [1.82, 2.24) is 4.90 Å². The molecule has 104 valence electrons. The first kappa shape index (κ1) is 14.4. The number of nitrogens with one attached hydrogen (secondary N) is 1. The predicted octanol–water partition coefficient (Wildman–Crippen LogP) is 4.31. The molecule has 0 aliphatic rings. The van der Waals surface area contributed by atoms with Gasteiger partial charge >= 0.3 is 6.03 Å². The van der Waals surface area contributed by atoms with Crippen LogP contribution >= 0.6 is 11.6 Å². The molecule has 20 heavy (non-hydrogen) atoms. The van der Waals surface area contributed by atoms with Gasteiger partial charge in [-0.25, -0.2) is 4.79 Å². The Bertz CT molecular complexity index is 578. The normalized spacial score (nSPS) is 10.2. The maximum absolute atomic E-state index is 12.1. The lowest BCUT2D eigenvalue weighted by molar-refractivity contribution is 0.220. The largest absolute Gasteiger partial charge is 0.323 e. The summed E-state index contributed by atoms with van der Waals surface area (Å²) in [6.07, 6.45) is 0. The summed E-state index contributed by atoms with van der Waals surface area (Å²) in [6, 6.07) is 15.0. The number of carbonyl (C=O) groups is 1. The van der Waals surface area contributed by atoms with Gasteiger partial charge in [0.15, 0.2) is 0 Å². The Morgan fingerprint density at radius 1 is 1.10 bits per heavy atom. The maximum Gasteiger partial charge on any atom is 0.321 e. The molecule has 0 spiro atoms. The molecular formula is C16H17ClN2O. The number of urea groups is 1. The fourth-order valence-corrected chi connectivity index (χ4v) is 1.92. The van der Waals surface area contributed by atoms with Gasteiger partial charge in [0.25, 0.3) is 0 Å². The zero-order chi connectivity index (χ0) is 14.5. The Kier molecular flexibility index (Phi) is 4.64. The maximum atomic E-state index is 12.1. The van der Waals surface area contributed by atoms with Crippen LogP contribution in [0.1, 0.15) is 11.1 Å². The van der Waals surface area contributed by atoms with Gasteiger partial charge < -0.3 is 10.2 Å². The number of rotatable bonds is 3. The van der Waals surface area contributed by atoms with E-state index in [1.54, 1.807) is 36.2 Å². The summed E-state index contributed by atoms with van der Waals surface area (Å²) >= 11 is 5.81. The second-order valence-electron chi connectivity index (χ2n) is 4.78. The number of halogens is 1. The minimum absolute atomic E-state index is 0.145. The molecule has 2 amide bonds. The van der Waals surface area contributed by atoms with Crippen LogP contribution in [0.3, 0.4) is 0 Å². The van der Waals surface area contributed by atoms with Crippen molar-refractivity contribution in [3.05, 3.63) is 64.7 Å². The lowest BCUT2D eigenvalue weighted by Crippen LogP contribution is -2.30. The predicted molar refractivity (Wildman–Crippen MR) is 83.1 cm³/mol. The van der Waals surface area contributed by atoms with Crippen LogP contribution in [0.2, 0.25) is 5.02 Å². The molecule has 0 heterocycles. The van der Waals surface area contributed by atoms with Gasteiger partial charge in [-0.1, -0.05) is 41.4 Å². The molecule has 0 bridgehead atoms. The van der Waals surface area contributed by atoms with Crippen molar-refractivity contribution in [2.75, 3.05) is 12.4 Å². The second-order valence-corrected chi connectivity index (χ2v) is 5.22. The van der Waals surface area contributed by atoms with Gasteiger partial charge in [0.1, 0.15) is 0 Å². The highest BCUT2D eigenvalue weighted by molar-refractivity contribution is 6.30. The molecule has 0 radical (unpaired) electrons. The van der Waals surface area contributed by atoms with E-state index in [0.717, 1.165) is 11.3 Å². The summed E-state index contributed by atoms with van der Waals surface area (Å²) in [7, 11) is 1.77. The number of benzene rings is 2. The van der Waals surface area contributed by atoms with Gasteiger partial charge in [0.05, 0.1) is 0 Å². The van der Waals surface area contributed by atoms with E-state index in [-0.39, 0.29) is 6.03 Å². The van der Waals surface area contributed by atoms with Gasteiger partial charge in [0.2, 0.25) is 0 Å². The summed E-state index contributed by atoms with van der Waals surface area (Å²) in [5.74, 6) is 0. The number of hydrogen-bond acceptors (Lipinski definition) is 1. The van der Waals surface area contributed by atoms with E-state index in [1.165, 1.54) is 5.56 Å². The van der Waals surface area contributed by atoms with Crippen LogP contribution in [0, 0.1) is 6.92 Å². The van der Waals surface area contributed by atoms with Gasteiger partial charge in [-0.3, -0.25) is 0 Å². The monoisotopic (exact) mass is 288 g/mol. The zero-order valence-electron chi connectivity index (χ0n) is 11.6. The summed E-state index contributed by atoms with van der Waals surface area (Å²) in [5.41, 5.74) is 3.04. The standard InChI is InChI=1S/C16H17ClN2O/c1-12-3-5-13(6-4-12)11-19(2)16(20)18-15-9-7-14(17)8-10-15/h3-10H,11H2,1-2H3,(H,18,20). The first-order valence-electron chi connectivity index (χ1n) is 6.38. The molecule has 2 aromatic carbocycles. The highest BCUT2D eigenvalue weighted by Crippen LogP contribution is 2.14. The average Bonchev–Trinajstić information content (AvgIpc) is 2.44. The van der Waals surface area contributed by atoms with Crippen molar-refractivity contribution in [3.63, 3.8) is 0 Å². The minimum Gasteiger partial charge on any atom is -0.323 e. The van der Waals surface area contributed by atoms with E-state index in [2.05, 4.69) is 5.32 Å². The van der Waals surface area contributed by atoms with Gasteiger partial charge in [-0.2, -0.15) is 0 Å². The number of carbonyl (C=O) groups excluding carboxylic acids is 1. The number of anilines is 1. The average molecular weight is 289 g/mol. The minimum atomic E-state index is -0.145. The Morgan fingerprint density at radius 3 is 2.30 bits per heavy atom. The lowest BCUT2D eigenvalue weighted by Gasteiger charge is -2.18. The smallest absolute Gasteiger partial charge is 0.321 e. The highest BCUT2D eigenvalue weighted by Gasteiger charge is 2.09. The Balaban J connectivity index is 1.94. The quantitative estimate of drug-likeness (QED) is 0.896. The summed E-state index contributed by atoms with van der Waals surface area (Å²) in [5, 5.41) is 3.48. The third-order valence-electron chi connectivity index (χ3n) is 2.98. The van der Waals surface area contributed by atoms with Crippen molar-refractivity contribution in [2.45, 2.75) is 13.5 Å². The molecule has 3 nitrogen and oxygen atoms in total. The fourth-order valence-electron chi connectivity index (χ4n) is 1.79. The molecule has 0 aliphatic carbocycles. The lowest BCUT2D eigenvalue weighted by atomic mass is 10.1. The molecule has 0 aromatic heterocycles. The van der Waals surface area contributed by atoms with Crippen molar-refractivity contribution < 1.29 is 4.79 Å². The van der Waals surface area contributed by atoms with Crippen LogP contribution in [-0.4, -0.2) is 18.0 Å². The zero-order valence-corrected chi connectivity index (χ0v) is 12.3. The first-order valence-corrected chi connectivity index (χ1v) is 6.75. The number of nitrogens with zero attached hydrogens (tertiary/aromatic N) is 1. The van der Waals surface area contributed by atoms with E-state index >= 15 is 0 Å². The van der Waals surface area contributed by atoms with E-state index in [4.69, 9.17) is 11.6 Å². The van der Waals surface area contributed by atoms with Crippen molar-refractivity contribution in [2.24, 2.45) is 0 Å². The number of aryl methyl sites for hydroxylation is 1. The Morgan fingerprint density at radius 2 is 1.70 bits per heavy atom. The molecule has 1 N–H and O–H groups in total. The van der Waals surface area contributed by atoms with Crippen LogP contribution in [0.5, 0.6) is 0 Å². The molecule has 0 atom stereocenters. The van der Waals surface area contributed by atoms with Crippen molar-refractivity contribution in [1.29, 1.82) is 0 Å². The fraction of sp³-hybridized carbons (Fsp3) is 0.188.